The molecule has 2 amide bonds. The summed E-state index contributed by atoms with van der Waals surface area (Å²) in [6.45, 7) is 2.38. The molecular formula is C19H25ClN2O3. The third-order valence-corrected chi connectivity index (χ3v) is 5.19. The Balaban J connectivity index is 1.39. The van der Waals surface area contributed by atoms with E-state index in [0.29, 0.717) is 37.0 Å². The van der Waals surface area contributed by atoms with Crippen LogP contribution in [0.2, 0.25) is 5.02 Å². The van der Waals surface area contributed by atoms with Gasteiger partial charge in [0, 0.05) is 37.0 Å². The molecule has 1 saturated carbocycles. The maximum Gasteiger partial charge on any atom is 0.225 e. The molecule has 6 heteroatoms. The summed E-state index contributed by atoms with van der Waals surface area (Å²) in [7, 11) is 1.81. The molecule has 1 aromatic carbocycles. The number of likely N-dealkylation sites (tertiary alicyclic amines) is 1. The quantitative estimate of drug-likeness (QED) is 0.779. The highest BCUT2D eigenvalue weighted by Gasteiger charge is 2.36. The molecule has 2 fully saturated rings. The van der Waals surface area contributed by atoms with Crippen LogP contribution in [0.5, 0.6) is 5.75 Å². The fourth-order valence-electron chi connectivity index (χ4n) is 3.21. The third kappa shape index (κ3) is 4.88. The number of piperidine rings is 1. The second-order valence-corrected chi connectivity index (χ2v) is 7.38. The van der Waals surface area contributed by atoms with Crippen molar-refractivity contribution in [1.29, 1.82) is 0 Å². The van der Waals surface area contributed by atoms with Gasteiger partial charge < -0.3 is 14.5 Å². The second kappa shape index (κ2) is 8.09. The van der Waals surface area contributed by atoms with Gasteiger partial charge in [0.2, 0.25) is 11.8 Å². The van der Waals surface area contributed by atoms with E-state index in [-0.39, 0.29) is 23.7 Å². The van der Waals surface area contributed by atoms with Crippen LogP contribution in [0.1, 0.15) is 25.7 Å². The van der Waals surface area contributed by atoms with Crippen molar-refractivity contribution in [3.63, 3.8) is 0 Å². The molecule has 3 rings (SSSR count). The number of hydrogen-bond acceptors (Lipinski definition) is 3. The van der Waals surface area contributed by atoms with Crippen molar-refractivity contribution in [2.75, 3.05) is 33.3 Å². The molecule has 1 aliphatic heterocycles. The number of carbonyl (C=O) groups excluding carboxylic acids is 2. The van der Waals surface area contributed by atoms with Gasteiger partial charge in [0.15, 0.2) is 0 Å². The van der Waals surface area contributed by atoms with E-state index in [2.05, 4.69) is 0 Å². The highest BCUT2D eigenvalue weighted by molar-refractivity contribution is 6.30. The highest BCUT2D eigenvalue weighted by atomic mass is 35.5. The fraction of sp³-hybridized carbons (Fsp3) is 0.579. The lowest BCUT2D eigenvalue weighted by molar-refractivity contribution is -0.140. The molecule has 0 unspecified atom stereocenters. The first-order valence-electron chi connectivity index (χ1n) is 8.96. The average Bonchev–Trinajstić information content (AvgIpc) is 3.46. The first-order valence-corrected chi connectivity index (χ1v) is 9.34. The molecule has 1 aliphatic carbocycles. The average molecular weight is 365 g/mol. The summed E-state index contributed by atoms with van der Waals surface area (Å²) in [6, 6.07) is 7.24. The normalized spacial score (nSPS) is 18.1. The summed E-state index contributed by atoms with van der Waals surface area (Å²) < 4.78 is 5.65. The monoisotopic (exact) mass is 364 g/mol. The van der Waals surface area contributed by atoms with Crippen molar-refractivity contribution in [3.05, 3.63) is 29.3 Å². The molecule has 5 nitrogen and oxygen atoms in total. The molecular weight excluding hydrogens is 340 g/mol. The Bertz CT molecular complexity index is 625. The first kappa shape index (κ1) is 18.1. The molecule has 0 aromatic heterocycles. The minimum Gasteiger partial charge on any atom is -0.492 e. The van der Waals surface area contributed by atoms with Crippen molar-refractivity contribution in [3.8, 4) is 5.75 Å². The minimum absolute atomic E-state index is 0.0134. The van der Waals surface area contributed by atoms with Crippen LogP contribution in [0.25, 0.3) is 0 Å². The van der Waals surface area contributed by atoms with Crippen LogP contribution in [0, 0.1) is 11.8 Å². The molecule has 25 heavy (non-hydrogen) atoms. The van der Waals surface area contributed by atoms with Gasteiger partial charge in [0.25, 0.3) is 0 Å². The van der Waals surface area contributed by atoms with Crippen molar-refractivity contribution in [2.45, 2.75) is 25.7 Å². The van der Waals surface area contributed by atoms with E-state index in [1.54, 1.807) is 17.0 Å². The van der Waals surface area contributed by atoms with E-state index < -0.39 is 0 Å². The summed E-state index contributed by atoms with van der Waals surface area (Å²) >= 11 is 5.92. The minimum atomic E-state index is 0.0134. The summed E-state index contributed by atoms with van der Waals surface area (Å²) in [5, 5.41) is 0.634. The number of rotatable bonds is 6. The molecule has 2 aliphatic rings. The summed E-state index contributed by atoms with van der Waals surface area (Å²) in [4.78, 5) is 28.3. The van der Waals surface area contributed by atoms with Gasteiger partial charge in [-0.2, -0.15) is 0 Å². The second-order valence-electron chi connectivity index (χ2n) is 6.94. The van der Waals surface area contributed by atoms with Crippen LogP contribution >= 0.6 is 11.6 Å². The van der Waals surface area contributed by atoms with Crippen molar-refractivity contribution < 1.29 is 14.3 Å². The van der Waals surface area contributed by atoms with Crippen molar-refractivity contribution >= 4 is 23.4 Å². The van der Waals surface area contributed by atoms with Crippen LogP contribution < -0.4 is 4.74 Å². The number of carbonyl (C=O) groups is 2. The van der Waals surface area contributed by atoms with Crippen LogP contribution in [-0.2, 0) is 9.59 Å². The molecule has 1 saturated heterocycles. The Morgan fingerprint density at radius 2 is 1.92 bits per heavy atom. The Labute approximate surface area is 153 Å². The van der Waals surface area contributed by atoms with E-state index in [1.165, 1.54) is 0 Å². The zero-order valence-electron chi connectivity index (χ0n) is 14.6. The lowest BCUT2D eigenvalue weighted by Gasteiger charge is -2.33. The SMILES string of the molecule is CN(CCOc1cccc(Cl)c1)C(=O)C1CCN(C(=O)C2CC2)CC1. The topological polar surface area (TPSA) is 49.9 Å². The third-order valence-electron chi connectivity index (χ3n) is 4.95. The Morgan fingerprint density at radius 3 is 2.56 bits per heavy atom. The zero-order valence-corrected chi connectivity index (χ0v) is 15.4. The molecule has 0 bridgehead atoms. The molecule has 0 atom stereocenters. The van der Waals surface area contributed by atoms with Gasteiger partial charge in [0.1, 0.15) is 12.4 Å². The van der Waals surface area contributed by atoms with E-state index in [4.69, 9.17) is 16.3 Å². The van der Waals surface area contributed by atoms with Gasteiger partial charge in [-0.3, -0.25) is 9.59 Å². The number of nitrogens with zero attached hydrogens (tertiary/aromatic N) is 2. The van der Waals surface area contributed by atoms with E-state index in [9.17, 15) is 9.59 Å². The smallest absolute Gasteiger partial charge is 0.225 e. The Kier molecular flexibility index (Phi) is 5.84. The van der Waals surface area contributed by atoms with Gasteiger partial charge >= 0.3 is 0 Å². The fourth-order valence-corrected chi connectivity index (χ4v) is 3.39. The van der Waals surface area contributed by atoms with Crippen LogP contribution in [0.3, 0.4) is 0 Å². The molecule has 0 radical (unpaired) electrons. The Hall–Kier alpha value is -1.75. The van der Waals surface area contributed by atoms with E-state index >= 15 is 0 Å². The summed E-state index contributed by atoms with van der Waals surface area (Å²) in [5.74, 6) is 1.42. The molecule has 0 N–H and O–H groups in total. The van der Waals surface area contributed by atoms with Crippen molar-refractivity contribution in [2.24, 2.45) is 11.8 Å². The van der Waals surface area contributed by atoms with Crippen LogP contribution in [-0.4, -0.2) is 54.9 Å². The molecule has 1 heterocycles. The highest BCUT2D eigenvalue weighted by Crippen LogP contribution is 2.32. The standard InChI is InChI=1S/C19H25ClN2O3/c1-21(11-12-25-17-4-2-3-16(20)13-17)18(23)15-7-9-22(10-8-15)19(24)14-5-6-14/h2-4,13-15H,5-12H2,1H3. The number of ether oxygens (including phenoxy) is 1. The van der Waals surface area contributed by atoms with Crippen LogP contribution in [0.4, 0.5) is 0 Å². The van der Waals surface area contributed by atoms with Crippen LogP contribution in [0.15, 0.2) is 24.3 Å². The summed E-state index contributed by atoms with van der Waals surface area (Å²) in [5.41, 5.74) is 0. The number of likely N-dealkylation sites (N-methyl/N-ethyl adjacent to an activating group) is 1. The maximum atomic E-state index is 12.6. The predicted octanol–water partition coefficient (Wildman–Crippen LogP) is 2.83. The van der Waals surface area contributed by atoms with Gasteiger partial charge in [-0.15, -0.1) is 0 Å². The predicted molar refractivity (Wildman–Crippen MR) is 96.6 cm³/mol. The number of hydrogen-bond donors (Lipinski definition) is 0. The zero-order chi connectivity index (χ0) is 17.8. The molecule has 136 valence electrons. The lowest BCUT2D eigenvalue weighted by Crippen LogP contribution is -2.44. The first-order chi connectivity index (χ1) is 12.0. The van der Waals surface area contributed by atoms with Gasteiger partial charge in [-0.25, -0.2) is 0 Å². The number of amides is 2. The number of halogens is 1. The van der Waals surface area contributed by atoms with E-state index in [0.717, 1.165) is 25.7 Å². The lowest BCUT2D eigenvalue weighted by atomic mass is 9.95. The largest absolute Gasteiger partial charge is 0.492 e. The van der Waals surface area contributed by atoms with Crippen molar-refractivity contribution in [1.82, 2.24) is 9.80 Å². The van der Waals surface area contributed by atoms with Gasteiger partial charge in [0.05, 0.1) is 6.54 Å². The van der Waals surface area contributed by atoms with Gasteiger partial charge in [-0.05, 0) is 43.9 Å². The summed E-state index contributed by atoms with van der Waals surface area (Å²) in [6.07, 6.45) is 3.59. The Morgan fingerprint density at radius 1 is 1.20 bits per heavy atom. The molecule has 0 spiro atoms. The van der Waals surface area contributed by atoms with E-state index in [1.807, 2.05) is 24.1 Å². The maximum absolute atomic E-state index is 12.6. The van der Waals surface area contributed by atoms with Gasteiger partial charge in [-0.1, -0.05) is 17.7 Å². The molecule has 1 aromatic rings. The number of benzene rings is 1.